The maximum Gasteiger partial charge on any atom is 0.416 e. The van der Waals surface area contributed by atoms with Crippen molar-refractivity contribution in [1.29, 1.82) is 0 Å². The van der Waals surface area contributed by atoms with Gasteiger partial charge >= 0.3 is 6.18 Å². The summed E-state index contributed by atoms with van der Waals surface area (Å²) >= 11 is 0. The van der Waals surface area contributed by atoms with Crippen LogP contribution in [0, 0.1) is 5.82 Å². The quantitative estimate of drug-likeness (QED) is 0.467. The Kier molecular flexibility index (Phi) is 7.33. The van der Waals surface area contributed by atoms with E-state index >= 15 is 4.39 Å². The fraction of sp³-hybridized carbons (Fsp3) is 0.346. The molecule has 1 aromatic heterocycles. The molecule has 2 N–H and O–H groups in total. The van der Waals surface area contributed by atoms with Crippen LogP contribution in [0.15, 0.2) is 54.9 Å². The molecule has 1 saturated heterocycles. The summed E-state index contributed by atoms with van der Waals surface area (Å²) in [5.41, 5.74) is 7.28. The van der Waals surface area contributed by atoms with Crippen LogP contribution in [0.25, 0.3) is 0 Å². The Hall–Kier alpha value is -3.49. The van der Waals surface area contributed by atoms with Gasteiger partial charge in [-0.3, -0.25) is 4.79 Å². The second kappa shape index (κ2) is 10.4. The van der Waals surface area contributed by atoms with Crippen molar-refractivity contribution in [1.82, 2.24) is 9.97 Å². The number of amides is 1. The first-order chi connectivity index (χ1) is 16.7. The van der Waals surface area contributed by atoms with Gasteiger partial charge in [-0.1, -0.05) is 36.4 Å². The number of primary amides is 1. The summed E-state index contributed by atoms with van der Waals surface area (Å²) in [6.07, 6.45) is 0.438. The predicted octanol–water partition coefficient (Wildman–Crippen LogP) is 5.18. The summed E-state index contributed by atoms with van der Waals surface area (Å²) in [5, 5.41) is 0. The third-order valence-electron chi connectivity index (χ3n) is 6.29. The molecule has 0 spiro atoms. The van der Waals surface area contributed by atoms with E-state index in [4.69, 9.17) is 5.73 Å². The van der Waals surface area contributed by atoms with Gasteiger partial charge < -0.3 is 10.6 Å². The molecule has 1 aliphatic rings. The maximum absolute atomic E-state index is 15.5. The minimum absolute atomic E-state index is 0.167. The lowest BCUT2D eigenvalue weighted by atomic mass is 9.94. The minimum atomic E-state index is -4.40. The zero-order chi connectivity index (χ0) is 25.0. The summed E-state index contributed by atoms with van der Waals surface area (Å²) in [6, 6.07) is 12.2. The van der Waals surface area contributed by atoms with Crippen LogP contribution < -0.4 is 10.6 Å². The number of piperidine rings is 1. The highest BCUT2D eigenvalue weighted by atomic mass is 19.4. The van der Waals surface area contributed by atoms with E-state index in [1.807, 2.05) is 29.2 Å². The van der Waals surface area contributed by atoms with Crippen molar-refractivity contribution in [3.05, 3.63) is 88.6 Å². The highest BCUT2D eigenvalue weighted by Gasteiger charge is 2.32. The Labute approximate surface area is 201 Å². The number of nitrogens with two attached hydrogens (primary N) is 1. The Morgan fingerprint density at radius 2 is 1.66 bits per heavy atom. The Morgan fingerprint density at radius 1 is 0.971 bits per heavy atom. The van der Waals surface area contributed by atoms with Crippen molar-refractivity contribution < 1.29 is 22.4 Å². The molecule has 2 aromatic carbocycles. The number of halogens is 4. The second-order valence-corrected chi connectivity index (χ2v) is 8.74. The van der Waals surface area contributed by atoms with E-state index in [1.165, 1.54) is 18.5 Å². The molecule has 4 rings (SSSR count). The average Bonchev–Trinajstić information content (AvgIpc) is 2.84. The van der Waals surface area contributed by atoms with Gasteiger partial charge in [0.15, 0.2) is 11.6 Å². The molecule has 1 fully saturated rings. The summed E-state index contributed by atoms with van der Waals surface area (Å²) in [6.45, 7) is 0.556. The normalized spacial score (nSPS) is 16.3. The number of hydrogen-bond donors (Lipinski definition) is 1. The number of carbonyl (C=O) groups excluding carboxylic acids is 1. The largest absolute Gasteiger partial charge is 0.416 e. The first-order valence-electron chi connectivity index (χ1n) is 11.5. The van der Waals surface area contributed by atoms with Crippen molar-refractivity contribution in [2.24, 2.45) is 5.73 Å². The van der Waals surface area contributed by atoms with Crippen molar-refractivity contribution in [2.75, 3.05) is 11.4 Å². The molecule has 1 unspecified atom stereocenters. The molecule has 1 amide bonds. The van der Waals surface area contributed by atoms with Crippen molar-refractivity contribution in [3.8, 4) is 0 Å². The predicted molar refractivity (Wildman–Crippen MR) is 124 cm³/mol. The lowest BCUT2D eigenvalue weighted by molar-refractivity contribution is -0.137. The second-order valence-electron chi connectivity index (χ2n) is 8.74. The average molecular weight is 487 g/mol. The van der Waals surface area contributed by atoms with Gasteiger partial charge in [0.1, 0.15) is 6.33 Å². The van der Waals surface area contributed by atoms with Gasteiger partial charge in [-0.05, 0) is 60.9 Å². The van der Waals surface area contributed by atoms with E-state index in [-0.39, 0.29) is 24.0 Å². The molecule has 0 radical (unpaired) electrons. The lowest BCUT2D eigenvalue weighted by Gasteiger charge is -2.37. The van der Waals surface area contributed by atoms with E-state index in [9.17, 15) is 18.0 Å². The summed E-state index contributed by atoms with van der Waals surface area (Å²) in [7, 11) is 0. The molecule has 3 aromatic rings. The molecule has 0 bridgehead atoms. The lowest BCUT2D eigenvalue weighted by Crippen LogP contribution is -2.35. The van der Waals surface area contributed by atoms with Gasteiger partial charge in [-0.15, -0.1) is 0 Å². The maximum atomic E-state index is 15.5. The fourth-order valence-electron chi connectivity index (χ4n) is 4.48. The highest BCUT2D eigenvalue weighted by Crippen LogP contribution is 2.37. The van der Waals surface area contributed by atoms with E-state index in [1.54, 1.807) is 0 Å². The van der Waals surface area contributed by atoms with Crippen LogP contribution in [0.4, 0.5) is 23.4 Å². The highest BCUT2D eigenvalue weighted by molar-refractivity contribution is 5.76. The van der Waals surface area contributed by atoms with Gasteiger partial charge in [-0.2, -0.15) is 13.2 Å². The molecule has 9 heteroatoms. The topological polar surface area (TPSA) is 72.1 Å². The molecule has 5 nitrogen and oxygen atoms in total. The molecule has 0 aliphatic carbocycles. The zero-order valence-corrected chi connectivity index (χ0v) is 19.1. The smallest absolute Gasteiger partial charge is 0.369 e. The van der Waals surface area contributed by atoms with Crippen LogP contribution in [0.2, 0.25) is 0 Å². The standard InChI is InChI=1S/C26H26F4N4O/c27-24-21(13-8-17-4-6-18(7-5-17)15-23(31)35)32-16-33-25(24)34-14-2-1-3-22(34)19-9-11-20(12-10-19)26(28,29)30/h4-7,9-12,16,22H,1-3,8,13-15H2,(H2,31,35). The number of rotatable bonds is 7. The van der Waals surface area contributed by atoms with Crippen LogP contribution in [0.1, 0.15) is 53.3 Å². The van der Waals surface area contributed by atoms with Crippen LogP contribution in [0.5, 0.6) is 0 Å². The molecule has 1 atom stereocenters. The van der Waals surface area contributed by atoms with E-state index in [0.29, 0.717) is 31.4 Å². The van der Waals surface area contributed by atoms with Crippen molar-refractivity contribution in [3.63, 3.8) is 0 Å². The third kappa shape index (κ3) is 5.96. The molecule has 184 valence electrons. The van der Waals surface area contributed by atoms with Gasteiger partial charge in [0, 0.05) is 6.54 Å². The van der Waals surface area contributed by atoms with Crippen LogP contribution >= 0.6 is 0 Å². The fourth-order valence-corrected chi connectivity index (χ4v) is 4.48. The van der Waals surface area contributed by atoms with E-state index in [2.05, 4.69) is 9.97 Å². The van der Waals surface area contributed by atoms with Gasteiger partial charge in [-0.25, -0.2) is 14.4 Å². The molecule has 0 saturated carbocycles. The summed E-state index contributed by atoms with van der Waals surface area (Å²) in [4.78, 5) is 21.2. The third-order valence-corrected chi connectivity index (χ3v) is 6.29. The first-order valence-corrected chi connectivity index (χ1v) is 11.5. The van der Waals surface area contributed by atoms with E-state index < -0.39 is 23.5 Å². The van der Waals surface area contributed by atoms with Gasteiger partial charge in [0.25, 0.3) is 0 Å². The van der Waals surface area contributed by atoms with Crippen molar-refractivity contribution >= 4 is 11.7 Å². The van der Waals surface area contributed by atoms with E-state index in [0.717, 1.165) is 36.1 Å². The Bertz CT molecular complexity index is 1160. The number of hydrogen-bond acceptors (Lipinski definition) is 4. The number of nitrogens with zero attached hydrogens (tertiary/aromatic N) is 3. The van der Waals surface area contributed by atoms with Crippen LogP contribution in [-0.4, -0.2) is 22.4 Å². The molecule has 35 heavy (non-hydrogen) atoms. The van der Waals surface area contributed by atoms with Crippen LogP contribution in [-0.2, 0) is 30.2 Å². The SMILES string of the molecule is NC(=O)Cc1ccc(CCc2ncnc(N3CCCCC3c3ccc(C(F)(F)F)cc3)c2F)cc1. The molecular weight excluding hydrogens is 460 g/mol. The van der Waals surface area contributed by atoms with Gasteiger partial charge in [0.05, 0.1) is 23.7 Å². The number of anilines is 1. The monoisotopic (exact) mass is 486 g/mol. The first kappa shape index (κ1) is 24.6. The van der Waals surface area contributed by atoms with Crippen molar-refractivity contribution in [2.45, 2.75) is 50.7 Å². The van der Waals surface area contributed by atoms with Crippen LogP contribution in [0.3, 0.4) is 0 Å². The Balaban J connectivity index is 1.51. The number of alkyl halides is 3. The molecule has 1 aliphatic heterocycles. The number of aryl methyl sites for hydroxylation is 2. The summed E-state index contributed by atoms with van der Waals surface area (Å²) in [5.74, 6) is -0.728. The number of aromatic nitrogens is 2. The minimum Gasteiger partial charge on any atom is -0.369 e. The summed E-state index contributed by atoms with van der Waals surface area (Å²) < 4.78 is 54.4. The molecular formula is C26H26F4N4O. The zero-order valence-electron chi connectivity index (χ0n) is 19.1. The van der Waals surface area contributed by atoms with Gasteiger partial charge in [0.2, 0.25) is 5.91 Å². The number of carbonyl (C=O) groups is 1. The molecule has 2 heterocycles. The number of benzene rings is 2. The Morgan fingerprint density at radius 3 is 2.31 bits per heavy atom.